The minimum atomic E-state index is -2.33. The van der Waals surface area contributed by atoms with Crippen LogP contribution in [0, 0.1) is 40.7 Å². The van der Waals surface area contributed by atoms with Crippen molar-refractivity contribution in [2.24, 2.45) is 0 Å². The molecular weight excluding hydrogens is 389 g/mol. The van der Waals surface area contributed by atoms with E-state index in [0.717, 1.165) is 0 Å². The first-order valence-electron chi connectivity index (χ1n) is 4.68. The Labute approximate surface area is 123 Å². The zero-order valence-electron chi connectivity index (χ0n) is 9.19. The molecule has 0 atom stereocenters. The maximum absolute atomic E-state index is 13.1. The van der Waals surface area contributed by atoms with Gasteiger partial charge in [-0.2, -0.15) is 0 Å². The number of rotatable bonds is 0. The predicted octanol–water partition coefficient (Wildman–Crippen LogP) is 5.19. The molecule has 0 amide bonds. The molecule has 0 unspecified atom stereocenters. The molecule has 2 aromatic rings. The summed E-state index contributed by atoms with van der Waals surface area (Å²) in [5.74, 6) is -14.5. The van der Waals surface area contributed by atoms with Crippen LogP contribution in [0.5, 0.6) is 0 Å². The molecule has 0 fully saturated rings. The van der Waals surface area contributed by atoms with Crippen LogP contribution < -0.4 is 0 Å². The Bertz CT molecular complexity index is 662. The molecule has 106 valence electrons. The average Bonchev–Trinajstić information content (AvgIpc) is 2.38. The van der Waals surface area contributed by atoms with Gasteiger partial charge in [-0.1, -0.05) is 0 Å². The zero-order valence-corrected chi connectivity index (χ0v) is 13.7. The van der Waals surface area contributed by atoms with E-state index in [1.807, 2.05) is 0 Å². The first-order valence-corrected chi connectivity index (χ1v) is 12.5. The number of halogens is 9. The summed E-state index contributed by atoms with van der Waals surface area (Å²) in [6, 6.07) is -0.0858. The van der Waals surface area contributed by atoms with Gasteiger partial charge in [-0.05, 0) is 0 Å². The van der Waals surface area contributed by atoms with E-state index in [4.69, 9.17) is 19.4 Å². The third-order valence-electron chi connectivity index (χ3n) is 2.19. The molecule has 0 saturated heterocycles. The van der Waals surface area contributed by atoms with Crippen LogP contribution in [0.2, 0.25) is 0 Å². The molecule has 0 nitrogen and oxygen atoms in total. The van der Waals surface area contributed by atoms with E-state index in [2.05, 4.69) is 0 Å². The van der Waals surface area contributed by atoms with Crippen LogP contribution in [0.4, 0.5) is 30.7 Å². The molecule has 0 heterocycles. The summed E-state index contributed by atoms with van der Waals surface area (Å²) in [7, 11) is 9.90. The van der Waals surface area contributed by atoms with E-state index in [0.29, 0.717) is 0 Å². The van der Waals surface area contributed by atoms with Crippen molar-refractivity contribution in [3.05, 3.63) is 46.8 Å². The van der Waals surface area contributed by atoms with Crippen LogP contribution in [-0.4, -0.2) is 0 Å². The SMILES string of the molecule is Fc1cc(F)c2c(F)c(F)c(F)c(F)c2c1F.[Cl][Zn][Cl]. The monoisotopic (exact) mass is 388 g/mol. The topological polar surface area (TPSA) is 0 Å². The average molecular weight is 390 g/mol. The van der Waals surface area contributed by atoms with Gasteiger partial charge in [0.2, 0.25) is 0 Å². The Kier molecular flexibility index (Phi) is 6.04. The Balaban J connectivity index is 0.000000612. The van der Waals surface area contributed by atoms with E-state index in [1.54, 1.807) is 0 Å². The van der Waals surface area contributed by atoms with Crippen molar-refractivity contribution in [3.63, 3.8) is 0 Å². The van der Waals surface area contributed by atoms with E-state index in [9.17, 15) is 30.7 Å². The fourth-order valence-corrected chi connectivity index (χ4v) is 1.43. The zero-order chi connectivity index (χ0) is 15.6. The predicted molar refractivity (Wildman–Crippen MR) is 55.4 cm³/mol. The van der Waals surface area contributed by atoms with Crippen LogP contribution in [0.15, 0.2) is 6.07 Å². The summed E-state index contributed by atoms with van der Waals surface area (Å²) in [5.41, 5.74) is 0. The molecule has 10 heteroatoms. The second-order valence-electron chi connectivity index (χ2n) is 3.26. The van der Waals surface area contributed by atoms with E-state index in [1.165, 1.54) is 0 Å². The Morgan fingerprint density at radius 3 is 1.45 bits per heavy atom. The van der Waals surface area contributed by atoms with E-state index in [-0.39, 0.29) is 6.07 Å². The summed E-state index contributed by atoms with van der Waals surface area (Å²) < 4.78 is 90.6. The Morgan fingerprint density at radius 2 is 1.00 bits per heavy atom. The van der Waals surface area contributed by atoms with Gasteiger partial charge in [0.15, 0.2) is 34.9 Å². The quantitative estimate of drug-likeness (QED) is 0.251. The van der Waals surface area contributed by atoms with Crippen molar-refractivity contribution >= 4 is 30.2 Å². The number of benzene rings is 2. The molecule has 2 aromatic carbocycles. The van der Waals surface area contributed by atoms with Crippen molar-refractivity contribution < 1.29 is 45.9 Å². The van der Waals surface area contributed by atoms with E-state index >= 15 is 0 Å². The van der Waals surface area contributed by atoms with Crippen LogP contribution in [0.1, 0.15) is 0 Å². The van der Waals surface area contributed by atoms with Gasteiger partial charge in [-0.3, -0.25) is 0 Å². The molecule has 0 bridgehead atoms. The first kappa shape index (κ1) is 17.5. The molecule has 0 aromatic heterocycles. The Morgan fingerprint density at radius 1 is 0.600 bits per heavy atom. The van der Waals surface area contributed by atoms with Gasteiger partial charge in [0.25, 0.3) is 0 Å². The number of hydrogen-bond acceptors (Lipinski definition) is 0. The molecule has 2 rings (SSSR count). The summed E-state index contributed by atoms with van der Waals surface area (Å²) in [5, 5.41) is -3.07. The second-order valence-corrected chi connectivity index (χ2v) is 7.88. The van der Waals surface area contributed by atoms with Gasteiger partial charge < -0.3 is 0 Å². The molecular formula is C10HCl2F7Zn. The van der Waals surface area contributed by atoms with Gasteiger partial charge >= 0.3 is 34.5 Å². The Hall–Kier alpha value is -0.587. The van der Waals surface area contributed by atoms with Crippen LogP contribution in [0.3, 0.4) is 0 Å². The summed E-state index contributed by atoms with van der Waals surface area (Å²) in [4.78, 5) is 0. The normalized spacial score (nSPS) is 10.1. The third kappa shape index (κ3) is 3.02. The van der Waals surface area contributed by atoms with Crippen molar-refractivity contribution in [1.29, 1.82) is 0 Å². The second kappa shape index (κ2) is 6.92. The molecule has 0 N–H and O–H groups in total. The standard InChI is InChI=1S/C10HF7.2ClH.Zn/c11-2-1-3(12)6(13)5-4(2)7(14)9(16)10(17)8(5)15;;;/h1H;2*1H;/q;;;+2/p-2. The van der Waals surface area contributed by atoms with Gasteiger partial charge in [0.05, 0.1) is 10.8 Å². The maximum atomic E-state index is 13.1. The molecule has 0 saturated carbocycles. The summed E-state index contributed by atoms with van der Waals surface area (Å²) in [6.07, 6.45) is 0. The van der Waals surface area contributed by atoms with Crippen LogP contribution in [-0.2, 0) is 15.1 Å². The van der Waals surface area contributed by atoms with Crippen molar-refractivity contribution in [2.75, 3.05) is 0 Å². The molecule has 20 heavy (non-hydrogen) atoms. The fraction of sp³-hybridized carbons (Fsp3) is 0. The molecule has 0 spiro atoms. The molecule has 0 radical (unpaired) electrons. The number of hydrogen-bond donors (Lipinski definition) is 0. The third-order valence-corrected chi connectivity index (χ3v) is 2.19. The van der Waals surface area contributed by atoms with Gasteiger partial charge in [-0.15, -0.1) is 0 Å². The minimum absolute atomic E-state index is 0.0858. The van der Waals surface area contributed by atoms with Crippen LogP contribution >= 0.6 is 19.4 Å². The molecule has 0 aliphatic rings. The fourth-order valence-electron chi connectivity index (χ4n) is 1.43. The van der Waals surface area contributed by atoms with Crippen molar-refractivity contribution in [1.82, 2.24) is 0 Å². The summed E-state index contributed by atoms with van der Waals surface area (Å²) >= 11 is -0.931. The van der Waals surface area contributed by atoms with Crippen molar-refractivity contribution in [2.45, 2.75) is 0 Å². The molecule has 0 aliphatic carbocycles. The van der Waals surface area contributed by atoms with Crippen molar-refractivity contribution in [3.8, 4) is 0 Å². The molecule has 0 aliphatic heterocycles. The number of fused-ring (bicyclic) bond motifs is 1. The van der Waals surface area contributed by atoms with Gasteiger partial charge in [0, 0.05) is 6.07 Å². The van der Waals surface area contributed by atoms with Gasteiger partial charge in [0.1, 0.15) is 5.82 Å². The summed E-state index contributed by atoms with van der Waals surface area (Å²) in [6.45, 7) is 0. The van der Waals surface area contributed by atoms with E-state index < -0.39 is 66.6 Å². The van der Waals surface area contributed by atoms with Gasteiger partial charge in [-0.25, -0.2) is 30.7 Å². The van der Waals surface area contributed by atoms with Crippen LogP contribution in [0.25, 0.3) is 10.8 Å². The first-order chi connectivity index (χ1) is 9.27.